The van der Waals surface area contributed by atoms with Crippen LogP contribution in [0.15, 0.2) is 23.6 Å². The van der Waals surface area contributed by atoms with Crippen molar-refractivity contribution in [3.8, 4) is 11.5 Å². The lowest BCUT2D eigenvalue weighted by molar-refractivity contribution is 0.0934. The van der Waals surface area contributed by atoms with Crippen molar-refractivity contribution in [1.29, 1.82) is 0 Å². The molecule has 2 aromatic rings. The fourth-order valence-corrected chi connectivity index (χ4v) is 3.06. The number of carbonyl (C=O) groups excluding carboxylic acids is 1. The second-order valence-electron chi connectivity index (χ2n) is 5.32. The molecular weight excluding hydrogens is 300 g/mol. The minimum atomic E-state index is -0.120. The summed E-state index contributed by atoms with van der Waals surface area (Å²) in [4.78, 5) is 16.2. The molecule has 1 amide bonds. The van der Waals surface area contributed by atoms with E-state index in [1.165, 1.54) is 11.3 Å². The Labute approximate surface area is 133 Å². The van der Waals surface area contributed by atoms with Crippen molar-refractivity contribution in [3.63, 3.8) is 0 Å². The fourth-order valence-electron chi connectivity index (χ4n) is 2.47. The Balaban J connectivity index is 1.57. The molecule has 1 atom stereocenters. The molecule has 1 aliphatic rings. The van der Waals surface area contributed by atoms with Crippen LogP contribution in [0.5, 0.6) is 11.5 Å². The van der Waals surface area contributed by atoms with Crippen LogP contribution >= 0.6 is 11.3 Å². The predicted octanol–water partition coefficient (Wildman–Crippen LogP) is 2.44. The van der Waals surface area contributed by atoms with E-state index in [1.54, 1.807) is 12.5 Å². The van der Waals surface area contributed by atoms with Crippen LogP contribution < -0.4 is 14.8 Å². The summed E-state index contributed by atoms with van der Waals surface area (Å²) in [6.45, 7) is 3.07. The first-order chi connectivity index (χ1) is 10.7. The molecule has 1 aromatic heterocycles. The molecule has 2 heterocycles. The average Bonchev–Trinajstić information content (AvgIpc) is 2.98. The zero-order valence-corrected chi connectivity index (χ0v) is 13.4. The summed E-state index contributed by atoms with van der Waals surface area (Å²) in [5.74, 6) is 1.82. The molecule has 0 radical (unpaired) electrons. The number of carbonyl (C=O) groups is 1. The lowest BCUT2D eigenvalue weighted by Gasteiger charge is -2.25. The van der Waals surface area contributed by atoms with Gasteiger partial charge in [-0.05, 0) is 25.0 Å². The summed E-state index contributed by atoms with van der Waals surface area (Å²) in [5, 5.41) is 5.61. The zero-order valence-electron chi connectivity index (χ0n) is 12.6. The number of hydrogen-bond acceptors (Lipinski definition) is 5. The number of benzene rings is 1. The van der Waals surface area contributed by atoms with E-state index >= 15 is 0 Å². The number of amides is 1. The van der Waals surface area contributed by atoms with E-state index in [0.717, 1.165) is 28.5 Å². The Morgan fingerprint density at radius 3 is 3.14 bits per heavy atom. The molecule has 0 fully saturated rings. The van der Waals surface area contributed by atoms with E-state index in [1.807, 2.05) is 25.1 Å². The van der Waals surface area contributed by atoms with Crippen LogP contribution in [-0.4, -0.2) is 31.2 Å². The van der Waals surface area contributed by atoms with Gasteiger partial charge in [0.15, 0.2) is 0 Å². The number of thiazole rings is 1. The van der Waals surface area contributed by atoms with Crippen molar-refractivity contribution in [2.75, 3.05) is 20.3 Å². The molecule has 116 valence electrons. The molecule has 0 unspecified atom stereocenters. The summed E-state index contributed by atoms with van der Waals surface area (Å²) in [6.07, 6.45) is 0.885. The Morgan fingerprint density at radius 2 is 2.41 bits per heavy atom. The van der Waals surface area contributed by atoms with Gasteiger partial charge in [-0.15, -0.1) is 11.3 Å². The maximum Gasteiger partial charge on any atom is 0.270 e. The van der Waals surface area contributed by atoms with E-state index in [2.05, 4.69) is 10.3 Å². The van der Waals surface area contributed by atoms with Crippen molar-refractivity contribution < 1.29 is 14.3 Å². The van der Waals surface area contributed by atoms with Gasteiger partial charge in [-0.2, -0.15) is 0 Å². The van der Waals surface area contributed by atoms with Crippen molar-refractivity contribution >= 4 is 17.2 Å². The SMILES string of the molecule is COc1ccc2c(c1)OC[C@@H](CNC(=O)c1csc(C)n1)C2. The number of aryl methyl sites for hydroxylation is 1. The maximum atomic E-state index is 12.0. The quantitative estimate of drug-likeness (QED) is 0.940. The van der Waals surface area contributed by atoms with E-state index in [-0.39, 0.29) is 11.8 Å². The van der Waals surface area contributed by atoms with Crippen LogP contribution in [0.4, 0.5) is 0 Å². The van der Waals surface area contributed by atoms with Crippen molar-refractivity contribution in [1.82, 2.24) is 10.3 Å². The monoisotopic (exact) mass is 318 g/mol. The van der Waals surface area contributed by atoms with Crippen LogP contribution in [-0.2, 0) is 6.42 Å². The average molecular weight is 318 g/mol. The highest BCUT2D eigenvalue weighted by Crippen LogP contribution is 2.30. The van der Waals surface area contributed by atoms with Gasteiger partial charge < -0.3 is 14.8 Å². The highest BCUT2D eigenvalue weighted by atomic mass is 32.1. The van der Waals surface area contributed by atoms with Crippen molar-refractivity contribution in [2.45, 2.75) is 13.3 Å². The van der Waals surface area contributed by atoms with Crippen molar-refractivity contribution in [2.24, 2.45) is 5.92 Å². The number of rotatable bonds is 4. The topological polar surface area (TPSA) is 60.5 Å². The molecule has 0 spiro atoms. The van der Waals surface area contributed by atoms with Gasteiger partial charge in [0.1, 0.15) is 17.2 Å². The zero-order chi connectivity index (χ0) is 15.5. The first kappa shape index (κ1) is 14.8. The Kier molecular flexibility index (Phi) is 4.29. The molecular formula is C16H18N2O3S. The first-order valence-corrected chi connectivity index (χ1v) is 8.03. The minimum Gasteiger partial charge on any atom is -0.497 e. The van der Waals surface area contributed by atoms with Gasteiger partial charge in [-0.3, -0.25) is 4.79 Å². The number of hydrogen-bond donors (Lipinski definition) is 1. The Morgan fingerprint density at radius 1 is 1.55 bits per heavy atom. The highest BCUT2D eigenvalue weighted by molar-refractivity contribution is 7.09. The van der Waals surface area contributed by atoms with E-state index in [4.69, 9.17) is 9.47 Å². The Hall–Kier alpha value is -2.08. The van der Waals surface area contributed by atoms with E-state index in [9.17, 15) is 4.79 Å². The molecule has 0 saturated carbocycles. The number of fused-ring (bicyclic) bond motifs is 1. The van der Waals surface area contributed by atoms with Gasteiger partial charge in [0.05, 0.1) is 18.7 Å². The number of nitrogens with zero attached hydrogens (tertiary/aromatic N) is 1. The molecule has 5 nitrogen and oxygen atoms in total. The third kappa shape index (κ3) is 3.22. The molecule has 1 N–H and O–H groups in total. The molecule has 22 heavy (non-hydrogen) atoms. The molecule has 1 aliphatic heterocycles. The number of ether oxygens (including phenoxy) is 2. The predicted molar refractivity (Wildman–Crippen MR) is 84.9 cm³/mol. The van der Waals surface area contributed by atoms with Gasteiger partial charge in [0.2, 0.25) is 0 Å². The lowest BCUT2D eigenvalue weighted by atomic mass is 9.96. The molecule has 6 heteroatoms. The molecule has 3 rings (SSSR count). The van der Waals surface area contributed by atoms with Crippen LogP contribution in [0.1, 0.15) is 21.1 Å². The molecule has 0 bridgehead atoms. The standard InChI is InChI=1S/C16H18N2O3S/c1-10-18-14(9-22-10)16(19)17-7-11-5-12-3-4-13(20-2)6-15(12)21-8-11/h3-4,6,9,11H,5,7-8H2,1-2H3,(H,17,19)/t11-/m1/s1. The first-order valence-electron chi connectivity index (χ1n) is 7.15. The van der Waals surface area contributed by atoms with Gasteiger partial charge in [0, 0.05) is 23.9 Å². The summed E-state index contributed by atoms with van der Waals surface area (Å²) in [6, 6.07) is 5.86. The second-order valence-corrected chi connectivity index (χ2v) is 6.38. The highest BCUT2D eigenvalue weighted by Gasteiger charge is 2.21. The molecule has 1 aromatic carbocycles. The third-order valence-corrected chi connectivity index (χ3v) is 4.43. The van der Waals surface area contributed by atoms with Crippen LogP contribution in [0.3, 0.4) is 0 Å². The largest absolute Gasteiger partial charge is 0.497 e. The summed E-state index contributed by atoms with van der Waals surface area (Å²) < 4.78 is 11.0. The number of methoxy groups -OCH3 is 1. The minimum absolute atomic E-state index is 0.120. The fraction of sp³-hybridized carbons (Fsp3) is 0.375. The van der Waals surface area contributed by atoms with Crippen LogP contribution in [0.25, 0.3) is 0 Å². The molecule has 0 saturated heterocycles. The van der Waals surface area contributed by atoms with Gasteiger partial charge in [-0.1, -0.05) is 6.07 Å². The van der Waals surface area contributed by atoms with E-state index in [0.29, 0.717) is 18.8 Å². The summed E-state index contributed by atoms with van der Waals surface area (Å²) in [5.41, 5.74) is 1.64. The maximum absolute atomic E-state index is 12.0. The van der Waals surface area contributed by atoms with Gasteiger partial charge in [0.25, 0.3) is 5.91 Å². The lowest BCUT2D eigenvalue weighted by Crippen LogP contribution is -2.34. The van der Waals surface area contributed by atoms with Crippen molar-refractivity contribution in [3.05, 3.63) is 39.8 Å². The van der Waals surface area contributed by atoms with Crippen LogP contribution in [0, 0.1) is 12.8 Å². The molecule has 0 aliphatic carbocycles. The van der Waals surface area contributed by atoms with E-state index < -0.39 is 0 Å². The van der Waals surface area contributed by atoms with Gasteiger partial charge >= 0.3 is 0 Å². The summed E-state index contributed by atoms with van der Waals surface area (Å²) in [7, 11) is 1.64. The number of nitrogens with one attached hydrogen (secondary N) is 1. The normalized spacial score (nSPS) is 16.5. The van der Waals surface area contributed by atoms with Gasteiger partial charge in [-0.25, -0.2) is 4.98 Å². The Bertz CT molecular complexity index is 684. The van der Waals surface area contributed by atoms with Crippen LogP contribution in [0.2, 0.25) is 0 Å². The summed E-state index contributed by atoms with van der Waals surface area (Å²) >= 11 is 1.48. The second kappa shape index (κ2) is 6.36. The third-order valence-electron chi connectivity index (χ3n) is 3.66. The smallest absolute Gasteiger partial charge is 0.270 e. The number of aromatic nitrogens is 1.